The number of nitrogens with two attached hydrogens (primary N) is 1. The molecule has 6 heteroatoms. The molecule has 0 bridgehead atoms. The number of carbonyl (C=O) groups is 1. The topological polar surface area (TPSA) is 77.0 Å². The highest BCUT2D eigenvalue weighted by Gasteiger charge is 2.36. The lowest BCUT2D eigenvalue weighted by molar-refractivity contribution is 0.0788. The molecular weight excluding hydrogens is 326 g/mol. The second-order valence-electron chi connectivity index (χ2n) is 7.04. The molecule has 4 rings (SSSR count). The average Bonchev–Trinajstić information content (AvgIpc) is 3.25. The van der Waals surface area contributed by atoms with Crippen molar-refractivity contribution in [2.24, 2.45) is 18.7 Å². The van der Waals surface area contributed by atoms with E-state index in [-0.39, 0.29) is 17.7 Å². The van der Waals surface area contributed by atoms with Gasteiger partial charge >= 0.3 is 0 Å². The van der Waals surface area contributed by atoms with Crippen LogP contribution in [-0.2, 0) is 7.05 Å². The average molecular weight is 349 g/mol. The Morgan fingerprint density at radius 2 is 2.04 bits per heavy atom. The summed E-state index contributed by atoms with van der Waals surface area (Å²) in [5, 5.41) is 5.07. The van der Waals surface area contributed by atoms with Gasteiger partial charge in [0.05, 0.1) is 17.1 Å². The first-order valence-electron chi connectivity index (χ1n) is 8.92. The molecule has 26 heavy (non-hydrogen) atoms. The summed E-state index contributed by atoms with van der Waals surface area (Å²) in [6.07, 6.45) is 1.72. The van der Waals surface area contributed by atoms with Gasteiger partial charge in [0, 0.05) is 31.7 Å². The van der Waals surface area contributed by atoms with Crippen LogP contribution >= 0.6 is 0 Å². The van der Waals surface area contributed by atoms with E-state index in [1.54, 1.807) is 10.9 Å². The summed E-state index contributed by atoms with van der Waals surface area (Å²) in [4.78, 5) is 19.7. The minimum absolute atomic E-state index is 0.0328. The van der Waals surface area contributed by atoms with Gasteiger partial charge in [0.15, 0.2) is 5.65 Å². The highest BCUT2D eigenvalue weighted by atomic mass is 16.2. The Bertz CT molecular complexity index is 949. The molecule has 6 nitrogen and oxygen atoms in total. The van der Waals surface area contributed by atoms with Crippen molar-refractivity contribution in [3.05, 3.63) is 59.4 Å². The lowest BCUT2D eigenvalue weighted by Gasteiger charge is -2.17. The highest BCUT2D eigenvalue weighted by molar-refractivity contribution is 6.05. The lowest BCUT2D eigenvalue weighted by Crippen LogP contribution is -2.30. The summed E-state index contributed by atoms with van der Waals surface area (Å²) in [6, 6.07) is 12.2. The zero-order valence-corrected chi connectivity index (χ0v) is 15.1. The Morgan fingerprint density at radius 1 is 1.27 bits per heavy atom. The third-order valence-electron chi connectivity index (χ3n) is 5.32. The van der Waals surface area contributed by atoms with E-state index in [9.17, 15) is 4.79 Å². The quantitative estimate of drug-likeness (QED) is 0.785. The maximum absolute atomic E-state index is 13.3. The molecule has 3 aromatic rings. The van der Waals surface area contributed by atoms with Crippen LogP contribution < -0.4 is 5.73 Å². The number of hydrogen-bond acceptors (Lipinski definition) is 4. The molecule has 1 amide bonds. The Balaban J connectivity index is 1.67. The van der Waals surface area contributed by atoms with Gasteiger partial charge in [-0.3, -0.25) is 9.48 Å². The van der Waals surface area contributed by atoms with Gasteiger partial charge < -0.3 is 10.6 Å². The molecule has 2 N–H and O–H groups in total. The molecule has 0 saturated carbocycles. The smallest absolute Gasteiger partial charge is 0.254 e. The van der Waals surface area contributed by atoms with Crippen molar-refractivity contribution < 1.29 is 4.79 Å². The normalized spacial score (nSPS) is 20.0. The minimum atomic E-state index is 0.0328. The number of pyridine rings is 1. The number of hydrogen-bond donors (Lipinski definition) is 1. The van der Waals surface area contributed by atoms with Crippen LogP contribution in [0.2, 0.25) is 0 Å². The fourth-order valence-electron chi connectivity index (χ4n) is 3.94. The molecule has 2 aromatic heterocycles. The van der Waals surface area contributed by atoms with Gasteiger partial charge in [0.1, 0.15) is 0 Å². The molecule has 1 fully saturated rings. The van der Waals surface area contributed by atoms with Crippen molar-refractivity contribution in [3.8, 4) is 0 Å². The van der Waals surface area contributed by atoms with Gasteiger partial charge in [-0.2, -0.15) is 5.10 Å². The van der Waals surface area contributed by atoms with E-state index in [4.69, 9.17) is 5.73 Å². The zero-order chi connectivity index (χ0) is 18.3. The van der Waals surface area contributed by atoms with E-state index in [1.165, 1.54) is 5.56 Å². The molecular formula is C20H23N5O. The Hall–Kier alpha value is -2.73. The summed E-state index contributed by atoms with van der Waals surface area (Å²) < 4.78 is 1.71. The van der Waals surface area contributed by atoms with Crippen molar-refractivity contribution in [1.29, 1.82) is 0 Å². The fourth-order valence-corrected chi connectivity index (χ4v) is 3.94. The SMILES string of the molecule is Cc1cc(C(=O)N2C[C@@H](CN)[C@H](c3ccccc3)C2)c2cnn(C)c2n1. The van der Waals surface area contributed by atoms with Gasteiger partial charge in [-0.1, -0.05) is 30.3 Å². The van der Waals surface area contributed by atoms with Crippen LogP contribution in [0.1, 0.15) is 27.5 Å². The predicted octanol–water partition coefficient (Wildman–Crippen LogP) is 2.09. The maximum Gasteiger partial charge on any atom is 0.254 e. The monoisotopic (exact) mass is 349 g/mol. The van der Waals surface area contributed by atoms with Crippen LogP contribution in [0.25, 0.3) is 11.0 Å². The van der Waals surface area contributed by atoms with Gasteiger partial charge in [-0.25, -0.2) is 4.98 Å². The molecule has 134 valence electrons. The number of likely N-dealkylation sites (tertiary alicyclic amines) is 1. The van der Waals surface area contributed by atoms with E-state index in [2.05, 4.69) is 22.2 Å². The molecule has 2 atom stereocenters. The Kier molecular flexibility index (Phi) is 4.20. The molecule has 0 radical (unpaired) electrons. The van der Waals surface area contributed by atoms with E-state index in [0.29, 0.717) is 25.2 Å². The first-order valence-corrected chi connectivity index (χ1v) is 8.92. The number of fused-ring (bicyclic) bond motifs is 1. The first-order chi connectivity index (χ1) is 12.6. The molecule has 0 aliphatic carbocycles. The largest absolute Gasteiger partial charge is 0.338 e. The number of benzene rings is 1. The second-order valence-corrected chi connectivity index (χ2v) is 7.04. The highest BCUT2D eigenvalue weighted by Crippen LogP contribution is 2.33. The van der Waals surface area contributed by atoms with Crippen molar-refractivity contribution in [2.75, 3.05) is 19.6 Å². The van der Waals surface area contributed by atoms with Gasteiger partial charge in [0.25, 0.3) is 5.91 Å². The lowest BCUT2D eigenvalue weighted by atomic mass is 9.89. The summed E-state index contributed by atoms with van der Waals surface area (Å²) in [6.45, 7) is 3.84. The summed E-state index contributed by atoms with van der Waals surface area (Å²) >= 11 is 0. The van der Waals surface area contributed by atoms with Crippen LogP contribution in [0, 0.1) is 12.8 Å². The maximum atomic E-state index is 13.3. The van der Waals surface area contributed by atoms with Gasteiger partial charge in [0.2, 0.25) is 0 Å². The van der Waals surface area contributed by atoms with Gasteiger partial charge in [-0.15, -0.1) is 0 Å². The van der Waals surface area contributed by atoms with Crippen molar-refractivity contribution in [2.45, 2.75) is 12.8 Å². The minimum Gasteiger partial charge on any atom is -0.338 e. The summed E-state index contributed by atoms with van der Waals surface area (Å²) in [5.74, 6) is 0.580. The number of aryl methyl sites for hydroxylation is 2. The van der Waals surface area contributed by atoms with E-state index < -0.39 is 0 Å². The van der Waals surface area contributed by atoms with Crippen molar-refractivity contribution in [1.82, 2.24) is 19.7 Å². The van der Waals surface area contributed by atoms with Crippen molar-refractivity contribution in [3.63, 3.8) is 0 Å². The standard InChI is InChI=1S/C20H23N5O/c1-13-8-16(17-10-22-24(2)19(17)23-13)20(26)25-11-15(9-21)18(12-25)14-6-4-3-5-7-14/h3-8,10,15,18H,9,11-12,21H2,1-2H3/t15-,18+/m1/s1. The number of aromatic nitrogens is 3. The predicted molar refractivity (Wildman–Crippen MR) is 101 cm³/mol. The van der Waals surface area contributed by atoms with Crippen LogP contribution in [0.3, 0.4) is 0 Å². The van der Waals surface area contributed by atoms with Crippen LogP contribution in [0.4, 0.5) is 0 Å². The Labute approximate surface area is 152 Å². The zero-order valence-electron chi connectivity index (χ0n) is 15.1. The van der Waals surface area contributed by atoms with Crippen LogP contribution in [-0.4, -0.2) is 45.2 Å². The van der Waals surface area contributed by atoms with Gasteiger partial charge in [-0.05, 0) is 31.0 Å². The molecule has 1 aliphatic rings. The molecule has 1 aromatic carbocycles. The van der Waals surface area contributed by atoms with E-state index in [1.807, 2.05) is 43.1 Å². The Morgan fingerprint density at radius 3 is 2.77 bits per heavy atom. The molecule has 1 aliphatic heterocycles. The van der Waals surface area contributed by atoms with Crippen LogP contribution in [0.5, 0.6) is 0 Å². The fraction of sp³-hybridized carbons (Fsp3) is 0.350. The van der Waals surface area contributed by atoms with Crippen LogP contribution in [0.15, 0.2) is 42.6 Å². The van der Waals surface area contributed by atoms with Crippen molar-refractivity contribution >= 4 is 16.9 Å². The van der Waals surface area contributed by atoms with E-state index in [0.717, 1.165) is 16.7 Å². The third kappa shape index (κ3) is 2.76. The number of rotatable bonds is 3. The number of amides is 1. The molecule has 0 unspecified atom stereocenters. The third-order valence-corrected chi connectivity index (χ3v) is 5.32. The summed E-state index contributed by atoms with van der Waals surface area (Å²) in [5.41, 5.74) is 9.49. The number of carbonyl (C=O) groups excluding carboxylic acids is 1. The molecule has 1 saturated heterocycles. The number of nitrogens with zero attached hydrogens (tertiary/aromatic N) is 4. The molecule has 0 spiro atoms. The van der Waals surface area contributed by atoms with E-state index >= 15 is 0 Å². The summed E-state index contributed by atoms with van der Waals surface area (Å²) in [7, 11) is 1.84. The second kappa shape index (κ2) is 6.53. The molecule has 3 heterocycles. The first kappa shape index (κ1) is 16.7.